The maximum absolute atomic E-state index is 12.5. The maximum atomic E-state index is 12.5. The van der Waals surface area contributed by atoms with Gasteiger partial charge in [0.05, 0.1) is 5.75 Å². The molecule has 1 heterocycles. The number of carbonyl (C=O) groups excluding carboxylic acids is 2. The highest BCUT2D eigenvalue weighted by molar-refractivity contribution is 8.00. The molecule has 1 aliphatic rings. The predicted octanol–water partition coefficient (Wildman–Crippen LogP) is 3.88. The highest BCUT2D eigenvalue weighted by Crippen LogP contribution is 2.42. The fraction of sp³-hybridized carbons (Fsp3) is 0.300. The molecule has 0 spiro atoms. The Morgan fingerprint density at radius 2 is 1.96 bits per heavy atom. The van der Waals surface area contributed by atoms with Crippen LogP contribution in [0, 0.1) is 0 Å². The Bertz CT molecular complexity index is 805. The van der Waals surface area contributed by atoms with Crippen LogP contribution < -0.4 is 15.1 Å². The van der Waals surface area contributed by atoms with E-state index in [0.29, 0.717) is 12.2 Å². The first-order valence-corrected chi connectivity index (χ1v) is 9.65. The topological polar surface area (TPSA) is 52.7 Å². The van der Waals surface area contributed by atoms with Crippen LogP contribution in [0.5, 0.6) is 0 Å². The van der Waals surface area contributed by atoms with Crippen molar-refractivity contribution in [3.8, 4) is 0 Å². The van der Waals surface area contributed by atoms with Crippen molar-refractivity contribution in [1.29, 1.82) is 0 Å². The summed E-state index contributed by atoms with van der Waals surface area (Å²) in [7, 11) is 3.98. The SMILES string of the molecule is CCC(=O)Nc1cccc([C@H]2SCC(=O)N2c2ccc(N(C)C)cc2)c1. The fourth-order valence-corrected chi connectivity index (χ4v) is 4.05. The lowest BCUT2D eigenvalue weighted by Gasteiger charge is -2.25. The van der Waals surface area contributed by atoms with E-state index < -0.39 is 0 Å². The second kappa shape index (κ2) is 7.83. The molecular formula is C20H23N3O2S. The summed E-state index contributed by atoms with van der Waals surface area (Å²) in [5.41, 5.74) is 3.75. The molecule has 1 fully saturated rings. The smallest absolute Gasteiger partial charge is 0.238 e. The lowest BCUT2D eigenvalue weighted by molar-refractivity contribution is -0.116. The highest BCUT2D eigenvalue weighted by atomic mass is 32.2. The van der Waals surface area contributed by atoms with Crippen molar-refractivity contribution in [2.75, 3.05) is 35.0 Å². The summed E-state index contributed by atoms with van der Waals surface area (Å²) in [6.45, 7) is 1.82. The molecule has 0 unspecified atom stereocenters. The Morgan fingerprint density at radius 1 is 1.23 bits per heavy atom. The van der Waals surface area contributed by atoms with Crippen LogP contribution in [0.15, 0.2) is 48.5 Å². The molecule has 1 N–H and O–H groups in total. The summed E-state index contributed by atoms with van der Waals surface area (Å²) >= 11 is 1.60. The van der Waals surface area contributed by atoms with E-state index in [2.05, 4.69) is 5.32 Å². The largest absolute Gasteiger partial charge is 0.378 e. The second-order valence-corrected chi connectivity index (χ2v) is 7.43. The maximum Gasteiger partial charge on any atom is 0.238 e. The molecule has 2 amide bonds. The third kappa shape index (κ3) is 3.85. The Labute approximate surface area is 158 Å². The molecule has 6 heteroatoms. The standard InChI is InChI=1S/C20H23N3O2S/c1-4-18(24)21-15-7-5-6-14(12-15)20-23(19(25)13-26-20)17-10-8-16(9-11-17)22(2)3/h5-12,20H,4,13H2,1-3H3,(H,21,24)/t20-/m1/s1. The quantitative estimate of drug-likeness (QED) is 0.869. The average Bonchev–Trinajstić information content (AvgIpc) is 3.03. The highest BCUT2D eigenvalue weighted by Gasteiger charge is 2.34. The molecule has 2 aromatic carbocycles. The molecule has 2 aromatic rings. The van der Waals surface area contributed by atoms with Crippen molar-refractivity contribution >= 4 is 40.6 Å². The van der Waals surface area contributed by atoms with Gasteiger partial charge in [0.25, 0.3) is 0 Å². The van der Waals surface area contributed by atoms with Gasteiger partial charge in [0.1, 0.15) is 5.37 Å². The zero-order valence-corrected chi connectivity index (χ0v) is 16.0. The number of anilines is 3. The van der Waals surface area contributed by atoms with Crippen LogP contribution in [0.25, 0.3) is 0 Å². The van der Waals surface area contributed by atoms with Gasteiger partial charge >= 0.3 is 0 Å². The Balaban J connectivity index is 1.88. The fourth-order valence-electron chi connectivity index (χ4n) is 2.88. The monoisotopic (exact) mass is 369 g/mol. The number of nitrogens with one attached hydrogen (secondary N) is 1. The Morgan fingerprint density at radius 3 is 2.62 bits per heavy atom. The minimum Gasteiger partial charge on any atom is -0.378 e. The van der Waals surface area contributed by atoms with Gasteiger partial charge in [0.2, 0.25) is 11.8 Å². The minimum absolute atomic E-state index is 0.0200. The summed E-state index contributed by atoms with van der Waals surface area (Å²) in [5, 5.41) is 2.79. The van der Waals surface area contributed by atoms with Gasteiger partial charge in [-0.15, -0.1) is 11.8 Å². The number of hydrogen-bond acceptors (Lipinski definition) is 4. The summed E-state index contributed by atoms with van der Waals surface area (Å²) in [6.07, 6.45) is 0.436. The number of nitrogens with zero attached hydrogens (tertiary/aromatic N) is 2. The van der Waals surface area contributed by atoms with Gasteiger partial charge < -0.3 is 10.2 Å². The van der Waals surface area contributed by atoms with Crippen LogP contribution >= 0.6 is 11.8 Å². The lowest BCUT2D eigenvalue weighted by Crippen LogP contribution is -2.27. The van der Waals surface area contributed by atoms with Crippen molar-refractivity contribution < 1.29 is 9.59 Å². The van der Waals surface area contributed by atoms with E-state index in [4.69, 9.17) is 0 Å². The molecule has 5 nitrogen and oxygen atoms in total. The van der Waals surface area contributed by atoms with E-state index >= 15 is 0 Å². The van der Waals surface area contributed by atoms with Gasteiger partial charge in [-0.1, -0.05) is 19.1 Å². The molecule has 0 aliphatic carbocycles. The van der Waals surface area contributed by atoms with Crippen LogP contribution in [0.1, 0.15) is 24.3 Å². The number of amides is 2. The van der Waals surface area contributed by atoms with Crippen molar-refractivity contribution in [2.24, 2.45) is 0 Å². The number of thioether (sulfide) groups is 1. The Hall–Kier alpha value is -2.47. The summed E-state index contributed by atoms with van der Waals surface area (Å²) in [5.74, 6) is 0.528. The third-order valence-electron chi connectivity index (χ3n) is 4.29. The number of carbonyl (C=O) groups is 2. The average molecular weight is 369 g/mol. The van der Waals surface area contributed by atoms with Gasteiger partial charge in [-0.2, -0.15) is 0 Å². The first-order chi connectivity index (χ1) is 12.5. The molecule has 1 aliphatic heterocycles. The molecule has 0 radical (unpaired) electrons. The number of rotatable bonds is 5. The first-order valence-electron chi connectivity index (χ1n) is 8.60. The van der Waals surface area contributed by atoms with E-state index in [1.54, 1.807) is 11.8 Å². The van der Waals surface area contributed by atoms with Crippen LogP contribution in [0.4, 0.5) is 17.1 Å². The number of benzene rings is 2. The van der Waals surface area contributed by atoms with Gasteiger partial charge in [-0.25, -0.2) is 0 Å². The molecule has 1 saturated heterocycles. The van der Waals surface area contributed by atoms with Crippen LogP contribution in [0.3, 0.4) is 0 Å². The molecule has 136 valence electrons. The van der Waals surface area contributed by atoms with Crippen molar-refractivity contribution in [2.45, 2.75) is 18.7 Å². The lowest BCUT2D eigenvalue weighted by atomic mass is 10.1. The van der Waals surface area contributed by atoms with Crippen LogP contribution in [0.2, 0.25) is 0 Å². The zero-order chi connectivity index (χ0) is 18.7. The summed E-state index contributed by atoms with van der Waals surface area (Å²) < 4.78 is 0. The van der Waals surface area contributed by atoms with Crippen LogP contribution in [-0.4, -0.2) is 31.7 Å². The van der Waals surface area contributed by atoms with Crippen molar-refractivity contribution in [1.82, 2.24) is 0 Å². The van der Waals surface area contributed by atoms with E-state index in [1.807, 2.05) is 79.3 Å². The predicted molar refractivity (Wildman–Crippen MR) is 109 cm³/mol. The molecule has 0 bridgehead atoms. The minimum atomic E-state index is -0.0915. The van der Waals surface area contributed by atoms with Crippen molar-refractivity contribution in [3.63, 3.8) is 0 Å². The van der Waals surface area contributed by atoms with E-state index in [-0.39, 0.29) is 17.2 Å². The van der Waals surface area contributed by atoms with Gasteiger partial charge in [0.15, 0.2) is 0 Å². The first kappa shape index (κ1) is 18.3. The normalized spacial score (nSPS) is 16.7. The Kier molecular flexibility index (Phi) is 5.52. The molecule has 3 rings (SSSR count). The van der Waals surface area contributed by atoms with Gasteiger partial charge in [0, 0.05) is 37.6 Å². The zero-order valence-electron chi connectivity index (χ0n) is 15.2. The van der Waals surface area contributed by atoms with Crippen molar-refractivity contribution in [3.05, 3.63) is 54.1 Å². The third-order valence-corrected chi connectivity index (χ3v) is 5.50. The van der Waals surface area contributed by atoms with Gasteiger partial charge in [-0.05, 0) is 42.0 Å². The molecule has 0 saturated carbocycles. The van der Waals surface area contributed by atoms with Gasteiger partial charge in [-0.3, -0.25) is 14.5 Å². The van der Waals surface area contributed by atoms with E-state index in [9.17, 15) is 9.59 Å². The van der Waals surface area contributed by atoms with Crippen LogP contribution in [-0.2, 0) is 9.59 Å². The number of hydrogen-bond donors (Lipinski definition) is 1. The molecule has 0 aromatic heterocycles. The summed E-state index contributed by atoms with van der Waals surface area (Å²) in [6, 6.07) is 15.7. The molecular weight excluding hydrogens is 346 g/mol. The summed E-state index contributed by atoms with van der Waals surface area (Å²) in [4.78, 5) is 28.0. The van der Waals surface area contributed by atoms with E-state index in [1.165, 1.54) is 0 Å². The molecule has 26 heavy (non-hydrogen) atoms. The molecule has 1 atom stereocenters. The second-order valence-electron chi connectivity index (χ2n) is 6.37. The van der Waals surface area contributed by atoms with E-state index in [0.717, 1.165) is 22.6 Å².